The molecule has 0 unspecified atom stereocenters. The number of rotatable bonds is 4. The van der Waals surface area contributed by atoms with Crippen LogP contribution in [0.1, 0.15) is 11.3 Å². The molecular weight excluding hydrogens is 250 g/mol. The van der Waals surface area contributed by atoms with Crippen molar-refractivity contribution in [2.24, 2.45) is 0 Å². The first kappa shape index (κ1) is 12.6. The van der Waals surface area contributed by atoms with Crippen molar-refractivity contribution in [2.45, 2.75) is 13.3 Å². The Hall–Kier alpha value is -1.88. The molecule has 18 heavy (non-hydrogen) atoms. The summed E-state index contributed by atoms with van der Waals surface area (Å²) in [4.78, 5) is 12.1. The average molecular weight is 264 g/mol. The second-order valence-electron chi connectivity index (χ2n) is 3.88. The minimum absolute atomic E-state index is 0.200. The molecule has 0 aromatic carbocycles. The zero-order valence-electron chi connectivity index (χ0n) is 10.0. The molecule has 0 aliphatic heterocycles. The number of nitrogen functional groups attached to an aromatic ring is 1. The number of hydrogen-bond donors (Lipinski definition) is 2. The highest BCUT2D eigenvalue weighted by Gasteiger charge is 2.06. The molecule has 0 saturated carbocycles. The topological polar surface area (TPSA) is 76.7 Å². The lowest BCUT2D eigenvalue weighted by atomic mass is 10.2. The Balaban J connectivity index is 1.99. The molecule has 2 rings (SSSR count). The number of nitrogens with zero attached hydrogens (tertiary/aromatic N) is 3. The third kappa shape index (κ3) is 3.07. The predicted octanol–water partition coefficient (Wildman–Crippen LogP) is 2.07. The summed E-state index contributed by atoms with van der Waals surface area (Å²) >= 11 is 5.79. The van der Waals surface area contributed by atoms with Crippen molar-refractivity contribution in [3.05, 3.63) is 41.1 Å². The van der Waals surface area contributed by atoms with E-state index in [4.69, 9.17) is 17.3 Å². The molecule has 0 radical (unpaired) electrons. The molecular formula is C12H14ClN5. The number of pyridine rings is 1. The predicted molar refractivity (Wildman–Crippen MR) is 72.6 cm³/mol. The molecule has 6 heteroatoms. The highest BCUT2D eigenvalue weighted by molar-refractivity contribution is 6.28. The Morgan fingerprint density at radius 1 is 1.39 bits per heavy atom. The third-order valence-corrected chi connectivity index (χ3v) is 2.71. The molecule has 2 heterocycles. The molecule has 94 valence electrons. The molecule has 0 aliphatic rings. The van der Waals surface area contributed by atoms with Crippen LogP contribution in [0.2, 0.25) is 5.28 Å². The molecule has 2 aromatic heterocycles. The van der Waals surface area contributed by atoms with Gasteiger partial charge in [-0.3, -0.25) is 4.98 Å². The van der Waals surface area contributed by atoms with Crippen LogP contribution in [0, 0.1) is 6.92 Å². The van der Waals surface area contributed by atoms with E-state index in [1.54, 1.807) is 13.1 Å². The second kappa shape index (κ2) is 5.64. The number of nitrogens with two attached hydrogens (primary N) is 1. The summed E-state index contributed by atoms with van der Waals surface area (Å²) in [7, 11) is 0. The molecule has 0 atom stereocenters. The van der Waals surface area contributed by atoms with Gasteiger partial charge in [0, 0.05) is 18.9 Å². The van der Waals surface area contributed by atoms with Gasteiger partial charge < -0.3 is 11.1 Å². The SMILES string of the molecule is Cc1nc(Cl)nc(NCCc2cccnc2)c1N. The van der Waals surface area contributed by atoms with Gasteiger partial charge in [0.25, 0.3) is 0 Å². The number of halogens is 1. The molecule has 0 fully saturated rings. The van der Waals surface area contributed by atoms with E-state index in [-0.39, 0.29) is 5.28 Å². The second-order valence-corrected chi connectivity index (χ2v) is 4.22. The first-order chi connectivity index (χ1) is 8.66. The van der Waals surface area contributed by atoms with Crippen LogP contribution in [-0.4, -0.2) is 21.5 Å². The van der Waals surface area contributed by atoms with E-state index in [1.807, 2.05) is 18.3 Å². The minimum Gasteiger partial charge on any atom is -0.394 e. The highest BCUT2D eigenvalue weighted by atomic mass is 35.5. The normalized spacial score (nSPS) is 10.3. The summed E-state index contributed by atoms with van der Waals surface area (Å²) < 4.78 is 0. The molecule has 2 aromatic rings. The van der Waals surface area contributed by atoms with Gasteiger partial charge in [-0.25, -0.2) is 4.98 Å². The number of aromatic nitrogens is 3. The van der Waals surface area contributed by atoms with Gasteiger partial charge >= 0.3 is 0 Å². The highest BCUT2D eigenvalue weighted by Crippen LogP contribution is 2.20. The fourth-order valence-corrected chi connectivity index (χ4v) is 1.76. The lowest BCUT2D eigenvalue weighted by Crippen LogP contribution is -2.10. The monoisotopic (exact) mass is 263 g/mol. The third-order valence-electron chi connectivity index (χ3n) is 2.54. The number of hydrogen-bond acceptors (Lipinski definition) is 5. The van der Waals surface area contributed by atoms with Crippen LogP contribution < -0.4 is 11.1 Å². The Morgan fingerprint density at radius 3 is 2.94 bits per heavy atom. The van der Waals surface area contributed by atoms with Gasteiger partial charge in [0.05, 0.1) is 11.4 Å². The number of aryl methyl sites for hydroxylation is 1. The Morgan fingerprint density at radius 2 is 2.22 bits per heavy atom. The summed E-state index contributed by atoms with van der Waals surface area (Å²) in [6.45, 7) is 2.51. The van der Waals surface area contributed by atoms with E-state index in [2.05, 4.69) is 20.3 Å². The van der Waals surface area contributed by atoms with Crippen molar-refractivity contribution >= 4 is 23.1 Å². The molecule has 0 saturated heterocycles. The van der Waals surface area contributed by atoms with Crippen LogP contribution in [-0.2, 0) is 6.42 Å². The van der Waals surface area contributed by atoms with Crippen molar-refractivity contribution in [3.8, 4) is 0 Å². The zero-order chi connectivity index (χ0) is 13.0. The van der Waals surface area contributed by atoms with Gasteiger partial charge in [0.15, 0.2) is 5.82 Å². The summed E-state index contributed by atoms with van der Waals surface area (Å²) in [5.41, 5.74) is 8.24. The van der Waals surface area contributed by atoms with Crippen molar-refractivity contribution in [2.75, 3.05) is 17.6 Å². The van der Waals surface area contributed by atoms with Gasteiger partial charge in [-0.05, 0) is 36.6 Å². The molecule has 0 aliphatic carbocycles. The van der Waals surface area contributed by atoms with E-state index < -0.39 is 0 Å². The first-order valence-electron chi connectivity index (χ1n) is 5.59. The summed E-state index contributed by atoms with van der Waals surface area (Å²) in [5.74, 6) is 0.580. The van der Waals surface area contributed by atoms with Gasteiger partial charge in [0.2, 0.25) is 5.28 Å². The summed E-state index contributed by atoms with van der Waals surface area (Å²) in [6.07, 6.45) is 4.43. The van der Waals surface area contributed by atoms with E-state index in [0.717, 1.165) is 12.0 Å². The Labute approximate surface area is 110 Å². The largest absolute Gasteiger partial charge is 0.394 e. The van der Waals surface area contributed by atoms with E-state index in [0.29, 0.717) is 23.7 Å². The van der Waals surface area contributed by atoms with Crippen LogP contribution in [0.15, 0.2) is 24.5 Å². The van der Waals surface area contributed by atoms with Gasteiger partial charge in [-0.1, -0.05) is 6.07 Å². The van der Waals surface area contributed by atoms with Crippen LogP contribution in [0.4, 0.5) is 11.5 Å². The molecule has 0 bridgehead atoms. The maximum absolute atomic E-state index is 5.87. The van der Waals surface area contributed by atoms with Crippen molar-refractivity contribution in [1.82, 2.24) is 15.0 Å². The van der Waals surface area contributed by atoms with Crippen molar-refractivity contribution in [1.29, 1.82) is 0 Å². The van der Waals surface area contributed by atoms with E-state index in [9.17, 15) is 0 Å². The van der Waals surface area contributed by atoms with E-state index >= 15 is 0 Å². The van der Waals surface area contributed by atoms with Gasteiger partial charge in [-0.2, -0.15) is 4.98 Å². The van der Waals surface area contributed by atoms with Crippen LogP contribution >= 0.6 is 11.6 Å². The Kier molecular flexibility index (Phi) is 3.94. The van der Waals surface area contributed by atoms with Crippen molar-refractivity contribution in [3.63, 3.8) is 0 Å². The molecule has 0 spiro atoms. The first-order valence-corrected chi connectivity index (χ1v) is 5.97. The number of nitrogens with one attached hydrogen (secondary N) is 1. The molecule has 3 N–H and O–H groups in total. The van der Waals surface area contributed by atoms with Crippen molar-refractivity contribution < 1.29 is 0 Å². The average Bonchev–Trinajstić information content (AvgIpc) is 2.36. The van der Waals surface area contributed by atoms with Gasteiger partial charge in [0.1, 0.15) is 0 Å². The van der Waals surface area contributed by atoms with Crippen LogP contribution in [0.3, 0.4) is 0 Å². The maximum atomic E-state index is 5.87. The standard InChI is InChI=1S/C12H14ClN5/c1-8-10(14)11(18-12(13)17-8)16-6-4-9-3-2-5-15-7-9/h2-3,5,7H,4,6,14H2,1H3,(H,16,17,18). The van der Waals surface area contributed by atoms with Crippen LogP contribution in [0.5, 0.6) is 0 Å². The fraction of sp³-hybridized carbons (Fsp3) is 0.250. The van der Waals surface area contributed by atoms with Crippen LogP contribution in [0.25, 0.3) is 0 Å². The minimum atomic E-state index is 0.200. The molecule has 0 amide bonds. The maximum Gasteiger partial charge on any atom is 0.224 e. The smallest absolute Gasteiger partial charge is 0.224 e. The summed E-state index contributed by atoms with van der Waals surface area (Å²) in [5, 5.41) is 3.35. The zero-order valence-corrected chi connectivity index (χ0v) is 10.8. The van der Waals surface area contributed by atoms with Gasteiger partial charge in [-0.15, -0.1) is 0 Å². The summed E-state index contributed by atoms with van der Waals surface area (Å²) in [6, 6.07) is 3.94. The molecule has 5 nitrogen and oxygen atoms in total. The lowest BCUT2D eigenvalue weighted by molar-refractivity contribution is 0.985. The lowest BCUT2D eigenvalue weighted by Gasteiger charge is -2.09. The quantitative estimate of drug-likeness (QED) is 0.826. The Bertz CT molecular complexity index is 529. The fourth-order valence-electron chi connectivity index (χ4n) is 1.55. The van der Waals surface area contributed by atoms with E-state index in [1.165, 1.54) is 0 Å². The number of anilines is 2.